The Kier molecular flexibility index (Phi) is 3.95. The number of carbonyl (C=O) groups excluding carboxylic acids is 1. The zero-order valence-corrected chi connectivity index (χ0v) is 13.2. The summed E-state index contributed by atoms with van der Waals surface area (Å²) in [4.78, 5) is 22.0. The fraction of sp³-hybridized carbons (Fsp3) is 0.188. The van der Waals surface area contributed by atoms with E-state index in [1.54, 1.807) is 0 Å². The maximum absolute atomic E-state index is 11.1. The van der Waals surface area contributed by atoms with Crippen LogP contribution in [0.15, 0.2) is 30.3 Å². The minimum atomic E-state index is -1.02. The molecule has 0 bridgehead atoms. The van der Waals surface area contributed by atoms with Crippen molar-refractivity contribution in [2.75, 3.05) is 0 Å². The van der Waals surface area contributed by atoms with Crippen molar-refractivity contribution in [1.82, 2.24) is 24.8 Å². The van der Waals surface area contributed by atoms with Crippen LogP contribution >= 0.6 is 0 Å². The smallest absolute Gasteiger partial charge is 0.325 e. The van der Waals surface area contributed by atoms with Crippen molar-refractivity contribution in [2.24, 2.45) is 0 Å². The molecule has 122 valence electrons. The van der Waals surface area contributed by atoms with E-state index in [1.165, 1.54) is 4.68 Å². The molecule has 0 aliphatic rings. The maximum atomic E-state index is 11.1. The van der Waals surface area contributed by atoms with E-state index >= 15 is 0 Å². The van der Waals surface area contributed by atoms with Crippen molar-refractivity contribution >= 4 is 12.3 Å². The molecule has 24 heavy (non-hydrogen) atoms. The molecule has 2 aromatic heterocycles. The van der Waals surface area contributed by atoms with Gasteiger partial charge in [0.15, 0.2) is 12.1 Å². The number of aldehydes is 1. The first kappa shape index (κ1) is 15.6. The zero-order chi connectivity index (χ0) is 17.3. The molecule has 0 aliphatic carbocycles. The Balaban J connectivity index is 2.08. The highest BCUT2D eigenvalue weighted by atomic mass is 16.4. The normalized spacial score (nSPS) is 10.8. The molecular formula is C16H15N5O3. The van der Waals surface area contributed by atoms with Crippen molar-refractivity contribution in [1.29, 1.82) is 0 Å². The Bertz CT molecular complexity index is 926. The van der Waals surface area contributed by atoms with Crippen molar-refractivity contribution in [3.63, 3.8) is 0 Å². The third-order valence-corrected chi connectivity index (χ3v) is 3.78. The molecule has 0 spiro atoms. The highest BCUT2D eigenvalue weighted by Crippen LogP contribution is 2.24. The van der Waals surface area contributed by atoms with Gasteiger partial charge >= 0.3 is 5.97 Å². The highest BCUT2D eigenvalue weighted by Gasteiger charge is 2.14. The van der Waals surface area contributed by atoms with Crippen LogP contribution in [0.5, 0.6) is 0 Å². The number of aryl methyl sites for hydroxylation is 1. The lowest BCUT2D eigenvalue weighted by molar-refractivity contribution is -0.137. The van der Waals surface area contributed by atoms with Crippen LogP contribution in [0.1, 0.15) is 21.7 Å². The number of aromatic nitrogens is 5. The summed E-state index contributed by atoms with van der Waals surface area (Å²) in [6.07, 6.45) is 0.829. The molecule has 1 aromatic carbocycles. The van der Waals surface area contributed by atoms with Gasteiger partial charge in [-0.15, -0.1) is 5.10 Å². The number of hydrogen-bond donors (Lipinski definition) is 1. The molecule has 0 saturated carbocycles. The summed E-state index contributed by atoms with van der Waals surface area (Å²) >= 11 is 0. The van der Waals surface area contributed by atoms with E-state index < -0.39 is 5.97 Å². The van der Waals surface area contributed by atoms with E-state index in [1.807, 2.05) is 48.7 Å². The predicted molar refractivity (Wildman–Crippen MR) is 85.1 cm³/mol. The van der Waals surface area contributed by atoms with Gasteiger partial charge in [0.05, 0.1) is 0 Å². The number of nitrogens with zero attached hydrogens (tertiary/aromatic N) is 5. The van der Waals surface area contributed by atoms with E-state index in [0.29, 0.717) is 17.0 Å². The Hall–Kier alpha value is -3.29. The molecular weight excluding hydrogens is 310 g/mol. The van der Waals surface area contributed by atoms with Crippen LogP contribution in [-0.2, 0) is 11.3 Å². The third-order valence-electron chi connectivity index (χ3n) is 3.78. The van der Waals surface area contributed by atoms with Crippen LogP contribution in [0.4, 0.5) is 0 Å². The minimum absolute atomic E-state index is 0.316. The van der Waals surface area contributed by atoms with Gasteiger partial charge in [-0.05, 0) is 42.5 Å². The molecule has 3 rings (SSSR count). The summed E-state index contributed by atoms with van der Waals surface area (Å²) in [5.41, 5.74) is 3.94. The third kappa shape index (κ3) is 2.69. The quantitative estimate of drug-likeness (QED) is 0.715. The summed E-state index contributed by atoms with van der Waals surface area (Å²) in [5, 5.41) is 20.1. The Morgan fingerprint density at radius 1 is 1.29 bits per heavy atom. The molecule has 0 radical (unpaired) electrons. The fourth-order valence-corrected chi connectivity index (χ4v) is 2.73. The first-order valence-electron chi connectivity index (χ1n) is 7.24. The van der Waals surface area contributed by atoms with Gasteiger partial charge in [0.25, 0.3) is 0 Å². The number of benzene rings is 1. The Morgan fingerprint density at radius 2 is 2.08 bits per heavy atom. The first-order valence-corrected chi connectivity index (χ1v) is 7.24. The molecule has 3 aromatic rings. The fourth-order valence-electron chi connectivity index (χ4n) is 2.73. The van der Waals surface area contributed by atoms with Crippen molar-refractivity contribution in [3.8, 4) is 17.1 Å². The summed E-state index contributed by atoms with van der Waals surface area (Å²) in [6.45, 7) is 3.47. The number of tetrazole rings is 1. The zero-order valence-electron chi connectivity index (χ0n) is 13.2. The van der Waals surface area contributed by atoms with E-state index in [-0.39, 0.29) is 6.54 Å². The predicted octanol–water partition coefficient (Wildman–Crippen LogP) is 1.64. The topological polar surface area (TPSA) is 103 Å². The van der Waals surface area contributed by atoms with E-state index in [9.17, 15) is 9.59 Å². The van der Waals surface area contributed by atoms with Gasteiger partial charge < -0.3 is 9.67 Å². The minimum Gasteiger partial charge on any atom is -0.480 e. The van der Waals surface area contributed by atoms with Crippen molar-refractivity contribution in [3.05, 3.63) is 47.3 Å². The van der Waals surface area contributed by atoms with Crippen LogP contribution in [0.3, 0.4) is 0 Å². The van der Waals surface area contributed by atoms with Gasteiger partial charge in [-0.25, -0.2) is 4.68 Å². The van der Waals surface area contributed by atoms with Gasteiger partial charge in [0.1, 0.15) is 6.54 Å². The lowest BCUT2D eigenvalue weighted by Crippen LogP contribution is -2.11. The largest absolute Gasteiger partial charge is 0.480 e. The summed E-state index contributed by atoms with van der Waals surface area (Å²) in [5.74, 6) is -0.648. The van der Waals surface area contributed by atoms with Crippen molar-refractivity contribution in [2.45, 2.75) is 20.4 Å². The van der Waals surface area contributed by atoms with Crippen LogP contribution in [0, 0.1) is 13.8 Å². The first-order chi connectivity index (χ1) is 11.5. The Labute approximate surface area is 137 Å². The molecule has 0 atom stereocenters. The van der Waals surface area contributed by atoms with E-state index in [4.69, 9.17) is 5.11 Å². The summed E-state index contributed by atoms with van der Waals surface area (Å²) in [7, 11) is 0. The van der Waals surface area contributed by atoms with Crippen LogP contribution in [-0.4, -0.2) is 42.1 Å². The van der Waals surface area contributed by atoms with Gasteiger partial charge in [0, 0.05) is 28.2 Å². The molecule has 8 heteroatoms. The van der Waals surface area contributed by atoms with Gasteiger partial charge in [-0.1, -0.05) is 12.1 Å². The Morgan fingerprint density at radius 3 is 2.75 bits per heavy atom. The average Bonchev–Trinajstić information content (AvgIpc) is 3.11. The molecule has 0 amide bonds. The number of hydrogen-bond acceptors (Lipinski definition) is 5. The number of carboxylic acid groups (broad SMARTS) is 1. The molecule has 8 nitrogen and oxygen atoms in total. The standard InChI is InChI=1S/C16H15N5O3/c1-10-6-13(9-22)11(2)21(10)14-5-3-4-12(7-14)16-17-18-19-20(16)8-15(23)24/h3-7,9H,8H2,1-2H3,(H,23,24). The molecule has 0 saturated heterocycles. The molecule has 0 fully saturated rings. The monoisotopic (exact) mass is 325 g/mol. The number of rotatable bonds is 5. The second-order valence-corrected chi connectivity index (χ2v) is 5.38. The number of aliphatic carboxylic acids is 1. The summed E-state index contributed by atoms with van der Waals surface area (Å²) in [6, 6.07) is 9.23. The molecule has 0 aliphatic heterocycles. The van der Waals surface area contributed by atoms with Crippen molar-refractivity contribution < 1.29 is 14.7 Å². The second kappa shape index (κ2) is 6.07. The van der Waals surface area contributed by atoms with Crippen LogP contribution in [0.2, 0.25) is 0 Å². The van der Waals surface area contributed by atoms with Gasteiger partial charge in [-0.2, -0.15) is 0 Å². The van der Waals surface area contributed by atoms with E-state index in [0.717, 1.165) is 23.4 Å². The number of carboxylic acids is 1. The molecule has 0 unspecified atom stereocenters. The highest BCUT2D eigenvalue weighted by molar-refractivity contribution is 5.78. The lowest BCUT2D eigenvalue weighted by atomic mass is 10.2. The molecule has 1 N–H and O–H groups in total. The second-order valence-electron chi connectivity index (χ2n) is 5.38. The summed E-state index contributed by atoms with van der Waals surface area (Å²) < 4.78 is 3.19. The van der Waals surface area contributed by atoms with Gasteiger partial charge in [0.2, 0.25) is 0 Å². The number of carbonyl (C=O) groups is 2. The van der Waals surface area contributed by atoms with Crippen LogP contribution < -0.4 is 0 Å². The maximum Gasteiger partial charge on any atom is 0.325 e. The van der Waals surface area contributed by atoms with Crippen LogP contribution in [0.25, 0.3) is 17.1 Å². The SMILES string of the molecule is Cc1cc(C=O)c(C)n1-c1cccc(-c2nnnn2CC(=O)O)c1. The molecule has 2 heterocycles. The lowest BCUT2D eigenvalue weighted by Gasteiger charge is -2.11. The van der Waals surface area contributed by atoms with E-state index in [2.05, 4.69) is 15.5 Å². The average molecular weight is 325 g/mol. The van der Waals surface area contributed by atoms with Gasteiger partial charge in [-0.3, -0.25) is 9.59 Å².